The lowest BCUT2D eigenvalue weighted by atomic mass is 9.94. The summed E-state index contributed by atoms with van der Waals surface area (Å²) in [6.45, 7) is 8.84. The standard InChI is InChI=1S/C19H28N2O4/c1-12(2)13(3)20-19(23)14-4-6-21(7-5-14)10-15-8-17-18(9-16(15)22)25-11-24-17/h8-9,12-14,22H,4-7,10-11H2,1-3H3,(H,20,23)/t13-/m1/s1. The van der Waals surface area contributed by atoms with E-state index in [1.807, 2.05) is 6.07 Å². The molecule has 1 aromatic rings. The lowest BCUT2D eigenvalue weighted by molar-refractivity contribution is -0.127. The van der Waals surface area contributed by atoms with Gasteiger partial charge in [0.2, 0.25) is 12.7 Å². The highest BCUT2D eigenvalue weighted by Crippen LogP contribution is 2.38. The molecule has 0 spiro atoms. The van der Waals surface area contributed by atoms with Crippen LogP contribution < -0.4 is 14.8 Å². The van der Waals surface area contributed by atoms with Gasteiger partial charge >= 0.3 is 0 Å². The molecule has 1 amide bonds. The van der Waals surface area contributed by atoms with Crippen LogP contribution in [0.5, 0.6) is 17.2 Å². The minimum atomic E-state index is 0.0859. The summed E-state index contributed by atoms with van der Waals surface area (Å²) in [6, 6.07) is 3.67. The molecule has 2 aliphatic rings. The first-order valence-corrected chi connectivity index (χ1v) is 9.08. The van der Waals surface area contributed by atoms with Crippen LogP contribution in [0.25, 0.3) is 0 Å². The maximum atomic E-state index is 12.4. The van der Waals surface area contributed by atoms with E-state index in [0.717, 1.165) is 31.5 Å². The third-order valence-electron chi connectivity index (χ3n) is 5.30. The second-order valence-corrected chi connectivity index (χ2v) is 7.43. The second kappa shape index (κ2) is 7.52. The summed E-state index contributed by atoms with van der Waals surface area (Å²) in [7, 11) is 0. The Labute approximate surface area is 149 Å². The van der Waals surface area contributed by atoms with Gasteiger partial charge in [-0.2, -0.15) is 0 Å². The maximum absolute atomic E-state index is 12.4. The zero-order chi connectivity index (χ0) is 18.0. The third kappa shape index (κ3) is 4.18. The first kappa shape index (κ1) is 17.9. The minimum Gasteiger partial charge on any atom is -0.507 e. The summed E-state index contributed by atoms with van der Waals surface area (Å²) in [5.74, 6) is 2.21. The molecule has 1 aromatic carbocycles. The average molecular weight is 348 g/mol. The molecule has 6 nitrogen and oxygen atoms in total. The number of hydrogen-bond donors (Lipinski definition) is 2. The quantitative estimate of drug-likeness (QED) is 0.855. The highest BCUT2D eigenvalue weighted by molar-refractivity contribution is 5.79. The van der Waals surface area contributed by atoms with Gasteiger partial charge in [-0.15, -0.1) is 0 Å². The molecule has 6 heteroatoms. The van der Waals surface area contributed by atoms with E-state index in [-0.39, 0.29) is 30.4 Å². The maximum Gasteiger partial charge on any atom is 0.231 e. The van der Waals surface area contributed by atoms with Gasteiger partial charge in [0.05, 0.1) is 0 Å². The molecule has 0 unspecified atom stereocenters. The fourth-order valence-corrected chi connectivity index (χ4v) is 3.20. The number of nitrogens with zero attached hydrogens (tertiary/aromatic N) is 1. The van der Waals surface area contributed by atoms with Gasteiger partial charge < -0.3 is 19.9 Å². The topological polar surface area (TPSA) is 71.0 Å². The van der Waals surface area contributed by atoms with Crippen molar-refractivity contribution in [3.63, 3.8) is 0 Å². The number of likely N-dealkylation sites (tertiary alicyclic amines) is 1. The first-order valence-electron chi connectivity index (χ1n) is 9.08. The van der Waals surface area contributed by atoms with Crippen molar-refractivity contribution in [3.05, 3.63) is 17.7 Å². The third-order valence-corrected chi connectivity index (χ3v) is 5.30. The molecule has 1 fully saturated rings. The fraction of sp³-hybridized carbons (Fsp3) is 0.632. The van der Waals surface area contributed by atoms with Crippen LogP contribution in [0.3, 0.4) is 0 Å². The molecule has 0 saturated carbocycles. The predicted octanol–water partition coefficient (Wildman–Crippen LogP) is 2.49. The number of benzene rings is 1. The van der Waals surface area contributed by atoms with Gasteiger partial charge in [0, 0.05) is 30.1 Å². The van der Waals surface area contributed by atoms with Crippen LogP contribution in [-0.4, -0.2) is 41.8 Å². The summed E-state index contributed by atoms with van der Waals surface area (Å²) in [4.78, 5) is 14.6. The zero-order valence-corrected chi connectivity index (χ0v) is 15.2. The largest absolute Gasteiger partial charge is 0.507 e. The minimum absolute atomic E-state index is 0.0859. The molecule has 3 rings (SSSR count). The van der Waals surface area contributed by atoms with Crippen molar-refractivity contribution >= 4 is 5.91 Å². The van der Waals surface area contributed by atoms with E-state index in [4.69, 9.17) is 9.47 Å². The van der Waals surface area contributed by atoms with Crippen molar-refractivity contribution in [1.29, 1.82) is 0 Å². The summed E-state index contributed by atoms with van der Waals surface area (Å²) in [6.07, 6.45) is 1.70. The van der Waals surface area contributed by atoms with Crippen LogP contribution in [0.2, 0.25) is 0 Å². The molecule has 0 radical (unpaired) electrons. The SMILES string of the molecule is CC(C)[C@@H](C)NC(=O)C1CCN(Cc2cc3c(cc2O)OCO3)CC1. The Kier molecular flexibility index (Phi) is 5.37. The van der Waals surface area contributed by atoms with Crippen LogP contribution in [0.1, 0.15) is 39.2 Å². The van der Waals surface area contributed by atoms with E-state index in [1.165, 1.54) is 0 Å². The number of fused-ring (bicyclic) bond motifs is 1. The Hall–Kier alpha value is -1.95. The molecule has 2 aliphatic heterocycles. The van der Waals surface area contributed by atoms with Crippen LogP contribution >= 0.6 is 0 Å². The summed E-state index contributed by atoms with van der Waals surface area (Å²) >= 11 is 0. The number of aromatic hydroxyl groups is 1. The summed E-state index contributed by atoms with van der Waals surface area (Å²) < 4.78 is 10.7. The van der Waals surface area contributed by atoms with Gasteiger partial charge in [0.1, 0.15) is 5.75 Å². The van der Waals surface area contributed by atoms with Gasteiger partial charge in [-0.25, -0.2) is 0 Å². The number of rotatable bonds is 5. The van der Waals surface area contributed by atoms with Gasteiger partial charge in [0.25, 0.3) is 0 Å². The molecule has 138 valence electrons. The summed E-state index contributed by atoms with van der Waals surface area (Å²) in [5, 5.41) is 13.3. The van der Waals surface area contributed by atoms with Crippen LogP contribution in [0.4, 0.5) is 0 Å². The smallest absolute Gasteiger partial charge is 0.231 e. The van der Waals surface area contributed by atoms with Gasteiger partial charge in [-0.1, -0.05) is 13.8 Å². The van der Waals surface area contributed by atoms with Crippen molar-refractivity contribution in [2.45, 2.75) is 46.2 Å². The Morgan fingerprint density at radius 2 is 1.88 bits per heavy atom. The normalized spacial score (nSPS) is 19.2. The van der Waals surface area contributed by atoms with Crippen molar-refractivity contribution in [2.24, 2.45) is 11.8 Å². The Bertz CT molecular complexity index is 624. The molecular weight excluding hydrogens is 320 g/mol. The number of hydrogen-bond acceptors (Lipinski definition) is 5. The number of nitrogens with one attached hydrogen (secondary N) is 1. The molecule has 1 saturated heterocycles. The van der Waals surface area contributed by atoms with E-state index in [2.05, 4.69) is 31.0 Å². The van der Waals surface area contributed by atoms with Crippen LogP contribution in [-0.2, 0) is 11.3 Å². The first-order chi connectivity index (χ1) is 11.9. The van der Waals surface area contributed by atoms with Gasteiger partial charge in [-0.3, -0.25) is 9.69 Å². The van der Waals surface area contributed by atoms with E-state index < -0.39 is 0 Å². The monoisotopic (exact) mass is 348 g/mol. The summed E-state index contributed by atoms with van der Waals surface area (Å²) in [5.41, 5.74) is 0.834. The predicted molar refractivity (Wildman–Crippen MR) is 94.7 cm³/mol. The van der Waals surface area contributed by atoms with E-state index >= 15 is 0 Å². The van der Waals surface area contributed by atoms with Crippen LogP contribution in [0.15, 0.2) is 12.1 Å². The lowest BCUT2D eigenvalue weighted by Gasteiger charge is -2.32. The van der Waals surface area contributed by atoms with E-state index in [0.29, 0.717) is 24.0 Å². The number of phenolic OH excluding ortho intramolecular Hbond substituents is 1. The van der Waals surface area contributed by atoms with Gasteiger partial charge in [-0.05, 0) is 44.8 Å². The average Bonchev–Trinajstić information content (AvgIpc) is 3.02. The number of ether oxygens (including phenoxy) is 2. The van der Waals surface area contributed by atoms with E-state index in [1.54, 1.807) is 6.07 Å². The number of phenols is 1. The molecule has 25 heavy (non-hydrogen) atoms. The highest BCUT2D eigenvalue weighted by Gasteiger charge is 2.27. The Morgan fingerprint density at radius 1 is 1.24 bits per heavy atom. The second-order valence-electron chi connectivity index (χ2n) is 7.43. The molecule has 2 heterocycles. The highest BCUT2D eigenvalue weighted by atomic mass is 16.7. The lowest BCUT2D eigenvalue weighted by Crippen LogP contribution is -2.44. The molecule has 1 atom stereocenters. The van der Waals surface area contributed by atoms with E-state index in [9.17, 15) is 9.90 Å². The number of carbonyl (C=O) groups is 1. The fourth-order valence-electron chi connectivity index (χ4n) is 3.20. The van der Waals surface area contributed by atoms with Crippen molar-refractivity contribution < 1.29 is 19.4 Å². The molecular formula is C19H28N2O4. The molecule has 0 bridgehead atoms. The zero-order valence-electron chi connectivity index (χ0n) is 15.2. The van der Waals surface area contributed by atoms with Crippen molar-refractivity contribution in [3.8, 4) is 17.2 Å². The number of piperidine rings is 1. The Morgan fingerprint density at radius 3 is 2.52 bits per heavy atom. The van der Waals surface area contributed by atoms with Crippen molar-refractivity contribution in [2.75, 3.05) is 19.9 Å². The molecule has 0 aromatic heterocycles. The Balaban J connectivity index is 1.52. The number of carbonyl (C=O) groups excluding carboxylic acids is 1. The van der Waals surface area contributed by atoms with Crippen LogP contribution in [0, 0.1) is 11.8 Å². The van der Waals surface area contributed by atoms with Crippen molar-refractivity contribution in [1.82, 2.24) is 10.2 Å². The molecule has 2 N–H and O–H groups in total. The number of amides is 1. The van der Waals surface area contributed by atoms with Gasteiger partial charge in [0.15, 0.2) is 11.5 Å². The molecule has 0 aliphatic carbocycles.